The van der Waals surface area contributed by atoms with Crippen molar-refractivity contribution < 1.29 is 19.8 Å². The van der Waals surface area contributed by atoms with Gasteiger partial charge in [0, 0.05) is 11.5 Å². The maximum atomic E-state index is 11.7. The number of phenolic OH excluding ortho intramolecular Hbond substituents is 1. The number of phenols is 1. The minimum absolute atomic E-state index is 0.103. The third kappa shape index (κ3) is 7.84. The highest BCUT2D eigenvalue weighted by atomic mass is 32.2. The van der Waals surface area contributed by atoms with Crippen LogP contribution in [0.1, 0.15) is 48.2 Å². The van der Waals surface area contributed by atoms with Crippen molar-refractivity contribution in [1.29, 1.82) is 0 Å². The number of aromatic nitrogens is 2. The fourth-order valence-corrected chi connectivity index (χ4v) is 6.46. The minimum Gasteiger partial charge on any atom is -0.507 e. The van der Waals surface area contributed by atoms with Gasteiger partial charge in [0.05, 0.1) is 11.3 Å². The lowest BCUT2D eigenvalue weighted by Gasteiger charge is -2.12. The van der Waals surface area contributed by atoms with E-state index < -0.39 is 5.97 Å². The Bertz CT molecular complexity index is 842. The number of nitrogens with zero attached hydrogens (tertiary/aromatic N) is 2. The molecule has 0 radical (unpaired) electrons. The number of Topliss-reactive ketones (excluding diaryl/α,β-unsaturated/α-hetero) is 1. The molecule has 0 saturated heterocycles. The van der Waals surface area contributed by atoms with Gasteiger partial charge in [-0.2, -0.15) is 11.8 Å². The predicted octanol–water partition coefficient (Wildman–Crippen LogP) is 4.99. The SMILES string of the molecule is CCCc1c(CSc2nnc(SCCCSCC(=O)O)s2)ccc(C(C)=O)c1O. The molecule has 0 saturated carbocycles. The van der Waals surface area contributed by atoms with E-state index in [1.807, 2.05) is 13.0 Å². The average molecular weight is 473 g/mol. The molecule has 6 nitrogen and oxygen atoms in total. The molecule has 0 aliphatic carbocycles. The zero-order valence-corrected chi connectivity index (χ0v) is 19.6. The molecule has 0 spiro atoms. The number of hydrogen-bond acceptors (Lipinski definition) is 9. The number of ketones is 1. The molecule has 29 heavy (non-hydrogen) atoms. The number of carbonyl (C=O) groups is 2. The number of aromatic hydroxyl groups is 1. The van der Waals surface area contributed by atoms with Crippen molar-refractivity contribution in [2.24, 2.45) is 0 Å². The van der Waals surface area contributed by atoms with Crippen LogP contribution in [0.2, 0.25) is 0 Å². The van der Waals surface area contributed by atoms with Crippen LogP contribution in [0.5, 0.6) is 5.75 Å². The van der Waals surface area contributed by atoms with Gasteiger partial charge >= 0.3 is 5.97 Å². The maximum Gasteiger partial charge on any atom is 0.313 e. The van der Waals surface area contributed by atoms with Crippen molar-refractivity contribution in [1.82, 2.24) is 10.2 Å². The Balaban J connectivity index is 1.88. The molecule has 0 bridgehead atoms. The van der Waals surface area contributed by atoms with Crippen molar-refractivity contribution in [2.45, 2.75) is 47.5 Å². The summed E-state index contributed by atoms with van der Waals surface area (Å²) >= 11 is 6.17. The van der Waals surface area contributed by atoms with Crippen LogP contribution < -0.4 is 0 Å². The van der Waals surface area contributed by atoms with Gasteiger partial charge in [-0.3, -0.25) is 9.59 Å². The van der Waals surface area contributed by atoms with Crippen LogP contribution in [0.15, 0.2) is 20.8 Å². The first-order valence-corrected chi connectivity index (χ1v) is 13.1. The molecule has 0 unspecified atom stereocenters. The third-order valence-electron chi connectivity index (χ3n) is 3.88. The summed E-state index contributed by atoms with van der Waals surface area (Å²) in [5.74, 6) is 1.70. The summed E-state index contributed by atoms with van der Waals surface area (Å²) in [5.41, 5.74) is 2.23. The lowest BCUT2D eigenvalue weighted by atomic mass is 9.98. The van der Waals surface area contributed by atoms with E-state index in [1.54, 1.807) is 29.6 Å². The average Bonchev–Trinajstić information content (AvgIpc) is 3.12. The predicted molar refractivity (Wildman–Crippen MR) is 122 cm³/mol. The summed E-state index contributed by atoms with van der Waals surface area (Å²) in [7, 11) is 0. The first-order valence-electron chi connectivity index (χ1n) is 9.15. The molecule has 0 aliphatic heterocycles. The van der Waals surface area contributed by atoms with E-state index in [-0.39, 0.29) is 17.3 Å². The Kier molecular flexibility index (Phi) is 10.3. The van der Waals surface area contributed by atoms with E-state index in [0.717, 1.165) is 50.6 Å². The van der Waals surface area contributed by atoms with Gasteiger partial charge in [-0.1, -0.05) is 54.3 Å². The van der Waals surface area contributed by atoms with Gasteiger partial charge < -0.3 is 10.2 Å². The lowest BCUT2D eigenvalue weighted by molar-refractivity contribution is -0.133. The number of thioether (sulfide) groups is 3. The van der Waals surface area contributed by atoms with Gasteiger partial charge in [-0.25, -0.2) is 0 Å². The Hall–Kier alpha value is -1.23. The zero-order chi connectivity index (χ0) is 21.2. The second-order valence-corrected chi connectivity index (χ2v) is 10.8. The van der Waals surface area contributed by atoms with E-state index in [1.165, 1.54) is 30.0 Å². The van der Waals surface area contributed by atoms with Crippen molar-refractivity contribution >= 4 is 58.4 Å². The molecule has 2 rings (SSSR count). The molecule has 0 aliphatic rings. The number of benzene rings is 1. The summed E-state index contributed by atoms with van der Waals surface area (Å²) in [5, 5.41) is 27.5. The van der Waals surface area contributed by atoms with Crippen molar-refractivity contribution in [3.63, 3.8) is 0 Å². The Labute approximate surface area is 187 Å². The summed E-state index contributed by atoms with van der Waals surface area (Å²) in [6, 6.07) is 3.61. The van der Waals surface area contributed by atoms with Crippen LogP contribution in [0.4, 0.5) is 0 Å². The Morgan fingerprint density at radius 1 is 1.14 bits per heavy atom. The second kappa shape index (κ2) is 12.5. The van der Waals surface area contributed by atoms with Gasteiger partial charge in [0.15, 0.2) is 14.5 Å². The van der Waals surface area contributed by atoms with E-state index in [9.17, 15) is 14.7 Å². The zero-order valence-electron chi connectivity index (χ0n) is 16.3. The fourth-order valence-electron chi connectivity index (χ4n) is 2.56. The van der Waals surface area contributed by atoms with E-state index >= 15 is 0 Å². The number of aliphatic carboxylic acids is 1. The molecule has 0 fully saturated rings. The Morgan fingerprint density at radius 3 is 2.52 bits per heavy atom. The van der Waals surface area contributed by atoms with Crippen LogP contribution in [-0.2, 0) is 17.0 Å². The first-order chi connectivity index (χ1) is 13.9. The van der Waals surface area contributed by atoms with Crippen LogP contribution in [0, 0.1) is 0 Å². The fraction of sp³-hybridized carbons (Fsp3) is 0.474. The highest BCUT2D eigenvalue weighted by Gasteiger charge is 2.16. The number of rotatable bonds is 13. The minimum atomic E-state index is -0.778. The number of carbonyl (C=O) groups excluding carboxylic acids is 1. The molecule has 10 heteroatoms. The number of carboxylic acid groups (broad SMARTS) is 1. The van der Waals surface area contributed by atoms with Crippen LogP contribution in [-0.4, -0.2) is 49.4 Å². The largest absolute Gasteiger partial charge is 0.507 e. The molecule has 1 aromatic carbocycles. The summed E-state index contributed by atoms with van der Waals surface area (Å²) in [4.78, 5) is 22.1. The molecule has 2 aromatic rings. The molecule has 158 valence electrons. The third-order valence-corrected chi connectivity index (χ3v) is 8.24. The monoisotopic (exact) mass is 472 g/mol. The molecular formula is C19H24N2O4S4. The highest BCUT2D eigenvalue weighted by molar-refractivity contribution is 8.03. The number of carboxylic acids is 1. The van der Waals surface area contributed by atoms with Gasteiger partial charge in [-0.15, -0.1) is 10.2 Å². The van der Waals surface area contributed by atoms with Crippen molar-refractivity contribution in [2.75, 3.05) is 17.3 Å². The quantitative estimate of drug-likeness (QED) is 0.237. The van der Waals surface area contributed by atoms with Gasteiger partial charge in [0.2, 0.25) is 0 Å². The smallest absolute Gasteiger partial charge is 0.313 e. The molecular weight excluding hydrogens is 448 g/mol. The van der Waals surface area contributed by atoms with Gasteiger partial charge in [-0.05, 0) is 42.7 Å². The maximum absolute atomic E-state index is 11.7. The number of hydrogen-bond donors (Lipinski definition) is 2. The van der Waals surface area contributed by atoms with Crippen molar-refractivity contribution in [3.8, 4) is 5.75 Å². The van der Waals surface area contributed by atoms with Crippen LogP contribution in [0.3, 0.4) is 0 Å². The first kappa shape index (κ1) is 24.0. The van der Waals surface area contributed by atoms with Crippen molar-refractivity contribution in [3.05, 3.63) is 28.8 Å². The highest BCUT2D eigenvalue weighted by Crippen LogP contribution is 2.35. The van der Waals surface area contributed by atoms with Gasteiger partial charge in [0.1, 0.15) is 5.75 Å². The van der Waals surface area contributed by atoms with E-state index in [0.29, 0.717) is 11.3 Å². The van der Waals surface area contributed by atoms with Crippen LogP contribution >= 0.6 is 46.6 Å². The summed E-state index contributed by atoms with van der Waals surface area (Å²) in [6.45, 7) is 3.51. The summed E-state index contributed by atoms with van der Waals surface area (Å²) in [6.07, 6.45) is 2.53. The molecule has 0 amide bonds. The standard InChI is InChI=1S/C19H24N2O4S4/c1-3-5-15-13(6-7-14(12(2)22)17(15)25)10-28-19-21-20-18(29-19)27-9-4-8-26-11-16(23)24/h6-7,25H,3-5,8-11H2,1-2H3,(H,23,24). The molecule has 1 heterocycles. The summed E-state index contributed by atoms with van der Waals surface area (Å²) < 4.78 is 1.77. The normalized spacial score (nSPS) is 11.0. The van der Waals surface area contributed by atoms with Gasteiger partial charge in [0.25, 0.3) is 0 Å². The molecule has 1 aromatic heterocycles. The topological polar surface area (TPSA) is 100 Å². The lowest BCUT2D eigenvalue weighted by Crippen LogP contribution is -2.00. The molecule has 0 atom stereocenters. The Morgan fingerprint density at radius 2 is 1.86 bits per heavy atom. The second-order valence-electron chi connectivity index (χ2n) is 6.18. The van der Waals surface area contributed by atoms with E-state index in [2.05, 4.69) is 10.2 Å². The van der Waals surface area contributed by atoms with E-state index in [4.69, 9.17) is 5.11 Å². The van der Waals surface area contributed by atoms with Crippen LogP contribution in [0.25, 0.3) is 0 Å². The molecule has 2 N–H and O–H groups in total.